The molecule has 2 aliphatic rings. The zero-order valence-corrected chi connectivity index (χ0v) is 16.4. The first-order chi connectivity index (χ1) is 12.8. The number of nitriles is 1. The lowest BCUT2D eigenvalue weighted by Crippen LogP contribution is -2.40. The number of allylic oxidation sites excluding steroid dienone is 3. The standard InChI is InChI=1S/C21H25N4S/c1-3-23-12-13-26-20(23)10-8-17-6-5-11-25-18-9-7-16(15-22)14-19(18)24(4-2)21(17)25/h7-10,14H,3-6,11-13H2,1-2H3/q+1. The van der Waals surface area contributed by atoms with Crippen LogP contribution in [0.1, 0.15) is 38.1 Å². The molecular weight excluding hydrogens is 340 g/mol. The Morgan fingerprint density at radius 3 is 2.92 bits per heavy atom. The van der Waals surface area contributed by atoms with Crippen LogP contribution in [0.15, 0.2) is 35.4 Å². The third kappa shape index (κ3) is 2.83. The molecule has 0 radical (unpaired) electrons. The summed E-state index contributed by atoms with van der Waals surface area (Å²) in [6, 6.07) is 8.36. The van der Waals surface area contributed by atoms with Crippen LogP contribution in [0, 0.1) is 11.3 Å². The smallest absolute Gasteiger partial charge is 0.285 e. The molecule has 0 N–H and O–H groups in total. The molecule has 0 saturated carbocycles. The zero-order chi connectivity index (χ0) is 18.1. The van der Waals surface area contributed by atoms with Crippen LogP contribution in [0.25, 0.3) is 16.6 Å². The number of aryl methyl sites for hydroxylation is 2. The largest absolute Gasteiger partial charge is 0.366 e. The van der Waals surface area contributed by atoms with Gasteiger partial charge in [0, 0.05) is 30.5 Å². The van der Waals surface area contributed by atoms with E-state index in [1.807, 2.05) is 23.9 Å². The molecule has 1 aromatic heterocycles. The lowest BCUT2D eigenvalue weighted by molar-refractivity contribution is -0.678. The molecule has 0 atom stereocenters. The lowest BCUT2D eigenvalue weighted by atomic mass is 10.1. The summed E-state index contributed by atoms with van der Waals surface area (Å²) in [4.78, 5) is 2.45. The van der Waals surface area contributed by atoms with E-state index in [4.69, 9.17) is 0 Å². The molecule has 0 bridgehead atoms. The average Bonchev–Trinajstić information content (AvgIpc) is 3.27. The van der Waals surface area contributed by atoms with Gasteiger partial charge in [-0.1, -0.05) is 0 Å². The van der Waals surface area contributed by atoms with E-state index in [2.05, 4.69) is 52.2 Å². The summed E-state index contributed by atoms with van der Waals surface area (Å²) in [5, 5.41) is 10.7. The SMILES string of the molecule is CCN1CCSC1=CC=C1CCC[n+]2c1n(CC)c1cc(C#N)ccc12. The van der Waals surface area contributed by atoms with E-state index < -0.39 is 0 Å². The van der Waals surface area contributed by atoms with Crippen LogP contribution in [0.4, 0.5) is 0 Å². The third-order valence-corrected chi connectivity index (χ3v) is 6.44. The molecule has 0 unspecified atom stereocenters. The molecule has 0 amide bonds. The van der Waals surface area contributed by atoms with Crippen molar-refractivity contribution in [2.45, 2.75) is 39.8 Å². The molecule has 0 aliphatic carbocycles. The molecule has 2 aromatic rings. The van der Waals surface area contributed by atoms with Crippen LogP contribution < -0.4 is 4.57 Å². The molecule has 2 aliphatic heterocycles. The second-order valence-electron chi connectivity index (χ2n) is 6.76. The van der Waals surface area contributed by atoms with Crippen molar-refractivity contribution in [3.05, 3.63) is 46.8 Å². The quantitative estimate of drug-likeness (QED) is 0.774. The van der Waals surface area contributed by atoms with Crippen molar-refractivity contribution in [2.24, 2.45) is 0 Å². The van der Waals surface area contributed by atoms with E-state index in [0.717, 1.165) is 38.2 Å². The van der Waals surface area contributed by atoms with Gasteiger partial charge in [-0.2, -0.15) is 5.26 Å². The van der Waals surface area contributed by atoms with E-state index in [0.29, 0.717) is 0 Å². The van der Waals surface area contributed by atoms with Gasteiger partial charge in [0.25, 0.3) is 5.82 Å². The van der Waals surface area contributed by atoms with Crippen molar-refractivity contribution in [1.29, 1.82) is 5.26 Å². The van der Waals surface area contributed by atoms with Crippen LogP contribution in [-0.4, -0.2) is 28.3 Å². The summed E-state index contributed by atoms with van der Waals surface area (Å²) < 4.78 is 4.81. The zero-order valence-electron chi connectivity index (χ0n) is 15.5. The Morgan fingerprint density at radius 1 is 1.27 bits per heavy atom. The van der Waals surface area contributed by atoms with Crippen molar-refractivity contribution < 1.29 is 4.57 Å². The molecule has 4 rings (SSSR count). The second kappa shape index (κ2) is 7.20. The maximum absolute atomic E-state index is 9.28. The number of aromatic nitrogens is 2. The highest BCUT2D eigenvalue weighted by molar-refractivity contribution is 8.03. The summed E-state index contributed by atoms with van der Waals surface area (Å²) in [5.41, 5.74) is 4.55. The Morgan fingerprint density at radius 2 is 2.15 bits per heavy atom. The van der Waals surface area contributed by atoms with Crippen LogP contribution >= 0.6 is 11.8 Å². The minimum Gasteiger partial charge on any atom is -0.366 e. The van der Waals surface area contributed by atoms with E-state index in [9.17, 15) is 5.26 Å². The number of hydrogen-bond donors (Lipinski definition) is 0. The van der Waals surface area contributed by atoms with Crippen LogP contribution in [0.5, 0.6) is 0 Å². The predicted octanol–water partition coefficient (Wildman–Crippen LogP) is 3.91. The number of nitrogens with zero attached hydrogens (tertiary/aromatic N) is 4. The minimum atomic E-state index is 0.733. The van der Waals surface area contributed by atoms with Gasteiger partial charge in [0.1, 0.15) is 0 Å². The van der Waals surface area contributed by atoms with Gasteiger partial charge in [-0.15, -0.1) is 11.8 Å². The van der Waals surface area contributed by atoms with Gasteiger partial charge in [-0.3, -0.25) is 0 Å². The highest BCUT2D eigenvalue weighted by Crippen LogP contribution is 2.31. The Bertz CT molecular complexity index is 945. The van der Waals surface area contributed by atoms with Crippen molar-refractivity contribution >= 4 is 28.4 Å². The normalized spacial score (nSPS) is 20.1. The van der Waals surface area contributed by atoms with Crippen LogP contribution in [0.2, 0.25) is 0 Å². The first kappa shape index (κ1) is 17.2. The maximum atomic E-state index is 9.28. The van der Waals surface area contributed by atoms with Gasteiger partial charge in [-0.05, 0) is 51.0 Å². The Kier molecular flexibility index (Phi) is 4.78. The second-order valence-corrected chi connectivity index (χ2v) is 7.88. The number of rotatable bonds is 3. The highest BCUT2D eigenvalue weighted by Gasteiger charge is 2.30. The summed E-state index contributed by atoms with van der Waals surface area (Å²) in [7, 11) is 0. The summed E-state index contributed by atoms with van der Waals surface area (Å²) in [6.07, 6.45) is 6.92. The molecular formula is C21H25N4S+. The van der Waals surface area contributed by atoms with Gasteiger partial charge in [0.15, 0.2) is 11.0 Å². The molecule has 4 nitrogen and oxygen atoms in total. The monoisotopic (exact) mass is 365 g/mol. The van der Waals surface area contributed by atoms with Gasteiger partial charge in [-0.25, -0.2) is 9.13 Å². The third-order valence-electron chi connectivity index (χ3n) is 5.36. The predicted molar refractivity (Wildman–Crippen MR) is 108 cm³/mol. The van der Waals surface area contributed by atoms with Crippen LogP contribution in [-0.2, 0) is 13.1 Å². The molecule has 1 fully saturated rings. The average molecular weight is 366 g/mol. The number of fused-ring (bicyclic) bond motifs is 3. The first-order valence-corrected chi connectivity index (χ1v) is 10.5. The van der Waals surface area contributed by atoms with Crippen molar-refractivity contribution in [3.8, 4) is 6.07 Å². The fourth-order valence-corrected chi connectivity index (χ4v) is 5.19. The fourth-order valence-electron chi connectivity index (χ4n) is 4.10. The van der Waals surface area contributed by atoms with E-state index in [-0.39, 0.29) is 0 Å². The number of imidazole rings is 1. The Hall–Kier alpha value is -2.19. The molecule has 1 aromatic carbocycles. The van der Waals surface area contributed by atoms with Crippen molar-refractivity contribution in [1.82, 2.24) is 9.47 Å². The van der Waals surface area contributed by atoms with Crippen LogP contribution in [0.3, 0.4) is 0 Å². The highest BCUT2D eigenvalue weighted by atomic mass is 32.2. The number of benzene rings is 1. The minimum absolute atomic E-state index is 0.733. The Balaban J connectivity index is 1.84. The topological polar surface area (TPSA) is 35.8 Å². The fraction of sp³-hybridized carbons (Fsp3) is 0.429. The van der Waals surface area contributed by atoms with Gasteiger partial charge < -0.3 is 4.90 Å². The molecule has 3 heterocycles. The lowest BCUT2D eigenvalue weighted by Gasteiger charge is -2.16. The number of hydrogen-bond acceptors (Lipinski definition) is 3. The first-order valence-electron chi connectivity index (χ1n) is 9.52. The van der Waals surface area contributed by atoms with Gasteiger partial charge >= 0.3 is 0 Å². The molecule has 1 saturated heterocycles. The summed E-state index contributed by atoms with van der Waals surface area (Å²) >= 11 is 1.96. The van der Waals surface area contributed by atoms with Crippen molar-refractivity contribution in [3.63, 3.8) is 0 Å². The van der Waals surface area contributed by atoms with E-state index in [1.54, 1.807) is 0 Å². The van der Waals surface area contributed by atoms with Gasteiger partial charge in [0.2, 0.25) is 0 Å². The molecule has 134 valence electrons. The number of thioether (sulfide) groups is 1. The van der Waals surface area contributed by atoms with Crippen molar-refractivity contribution in [2.75, 3.05) is 18.8 Å². The Labute approximate surface area is 159 Å². The molecule has 26 heavy (non-hydrogen) atoms. The van der Waals surface area contributed by atoms with E-state index >= 15 is 0 Å². The summed E-state index contributed by atoms with van der Waals surface area (Å²) in [5.74, 6) is 2.50. The maximum Gasteiger partial charge on any atom is 0.285 e. The summed E-state index contributed by atoms with van der Waals surface area (Å²) in [6.45, 7) is 8.61. The van der Waals surface area contributed by atoms with Gasteiger partial charge in [0.05, 0.1) is 29.8 Å². The van der Waals surface area contributed by atoms with E-state index in [1.165, 1.54) is 39.6 Å². The molecule has 5 heteroatoms. The molecule has 0 spiro atoms.